The fraction of sp³-hybridized carbons (Fsp3) is 0.667. The molecule has 0 saturated carbocycles. The molecule has 0 saturated heterocycles. The Morgan fingerprint density at radius 2 is 1.60 bits per heavy atom. The minimum absolute atomic E-state index is 0.681. The fourth-order valence-corrected chi connectivity index (χ4v) is 2.73. The van der Waals surface area contributed by atoms with E-state index >= 15 is 0 Å². The molecule has 1 unspecified atom stereocenters. The Hall–Kier alpha value is -0.690. The quantitative estimate of drug-likeness (QED) is 0.324. The predicted molar refractivity (Wildman–Crippen MR) is 132 cm³/mol. The third kappa shape index (κ3) is 28.4. The SMILES string of the molecule is C=C(C)CCCC.C=C1C=CCC1CCS(=C)(=C)C.CC.CC.CC. The first kappa shape index (κ1) is 32.0. The van der Waals surface area contributed by atoms with Crippen molar-refractivity contribution in [1.29, 1.82) is 0 Å². The predicted octanol–water partition coefficient (Wildman–Crippen LogP) is 8.64. The van der Waals surface area contributed by atoms with Gasteiger partial charge in [-0.2, -0.15) is 0 Å². The van der Waals surface area contributed by atoms with Gasteiger partial charge in [-0.05, 0) is 50.5 Å². The lowest BCUT2D eigenvalue weighted by Crippen LogP contribution is -1.99. The smallest absolute Gasteiger partial charge is 0.0126 e. The number of hydrogen-bond donors (Lipinski definition) is 0. The molecule has 0 radical (unpaired) electrons. The Morgan fingerprint density at radius 1 is 1.12 bits per heavy atom. The Morgan fingerprint density at radius 3 is 1.84 bits per heavy atom. The summed E-state index contributed by atoms with van der Waals surface area (Å²) in [6.07, 6.45) is 12.7. The zero-order valence-electron chi connectivity index (χ0n) is 19.2. The van der Waals surface area contributed by atoms with Crippen molar-refractivity contribution < 1.29 is 0 Å². The molecular formula is C24H50S. The third-order valence-electron chi connectivity index (χ3n) is 3.19. The summed E-state index contributed by atoms with van der Waals surface area (Å²) in [4.78, 5) is 0. The monoisotopic (exact) mass is 370 g/mol. The summed E-state index contributed by atoms with van der Waals surface area (Å²) in [5.74, 6) is 10.0. The zero-order valence-corrected chi connectivity index (χ0v) is 20.0. The summed E-state index contributed by atoms with van der Waals surface area (Å²) < 4.78 is 0. The summed E-state index contributed by atoms with van der Waals surface area (Å²) in [6.45, 7) is 24.1. The van der Waals surface area contributed by atoms with E-state index in [0.717, 1.165) is 0 Å². The molecule has 0 amide bonds. The molecule has 1 rings (SSSR count). The maximum atomic E-state index is 4.08. The second-order valence-corrected chi connectivity index (χ2v) is 9.31. The van der Waals surface area contributed by atoms with Crippen LogP contribution in [-0.2, 0) is 0 Å². The van der Waals surface area contributed by atoms with Crippen molar-refractivity contribution in [2.45, 2.75) is 87.5 Å². The Bertz CT molecular complexity index is 407. The lowest BCUT2D eigenvalue weighted by molar-refractivity contribution is 0.642. The van der Waals surface area contributed by atoms with Crippen LogP contribution in [0.3, 0.4) is 0 Å². The molecule has 1 aliphatic carbocycles. The summed E-state index contributed by atoms with van der Waals surface area (Å²) in [7, 11) is -0.804. The van der Waals surface area contributed by atoms with E-state index in [9.17, 15) is 0 Å². The van der Waals surface area contributed by atoms with E-state index < -0.39 is 9.21 Å². The van der Waals surface area contributed by atoms with Gasteiger partial charge in [-0.1, -0.05) is 96.5 Å². The molecule has 0 N–H and O–H groups in total. The van der Waals surface area contributed by atoms with Crippen LogP contribution in [0, 0.1) is 5.92 Å². The lowest BCUT2D eigenvalue weighted by atomic mass is 10.0. The molecule has 0 heterocycles. The lowest BCUT2D eigenvalue weighted by Gasteiger charge is -2.13. The van der Waals surface area contributed by atoms with Crippen LogP contribution in [0.15, 0.2) is 36.5 Å². The molecule has 0 aliphatic heterocycles. The first-order valence-electron chi connectivity index (χ1n) is 10.2. The summed E-state index contributed by atoms with van der Waals surface area (Å²) in [5, 5.41) is 0. The van der Waals surface area contributed by atoms with E-state index in [2.05, 4.69) is 57.2 Å². The van der Waals surface area contributed by atoms with Crippen LogP contribution >= 0.6 is 9.21 Å². The van der Waals surface area contributed by atoms with Crippen molar-refractivity contribution in [2.24, 2.45) is 5.92 Å². The molecule has 1 atom stereocenters. The van der Waals surface area contributed by atoms with Crippen LogP contribution in [0.4, 0.5) is 0 Å². The first-order valence-corrected chi connectivity index (χ1v) is 12.7. The second kappa shape index (κ2) is 23.3. The molecule has 0 fully saturated rings. The Balaban J connectivity index is -0.000000146. The topological polar surface area (TPSA) is 0 Å². The fourth-order valence-electron chi connectivity index (χ4n) is 1.88. The van der Waals surface area contributed by atoms with Crippen LogP contribution in [0.1, 0.15) is 87.5 Å². The Labute approximate surface area is 163 Å². The van der Waals surface area contributed by atoms with Gasteiger partial charge in [-0.15, -0.1) is 6.58 Å². The third-order valence-corrected chi connectivity index (χ3v) is 4.41. The summed E-state index contributed by atoms with van der Waals surface area (Å²) >= 11 is 0. The van der Waals surface area contributed by atoms with Gasteiger partial charge in [0.2, 0.25) is 0 Å². The highest BCUT2D eigenvalue weighted by Crippen LogP contribution is 2.29. The largest absolute Gasteiger partial charge is 0.217 e. The van der Waals surface area contributed by atoms with Gasteiger partial charge in [0.25, 0.3) is 0 Å². The molecule has 152 valence electrons. The van der Waals surface area contributed by atoms with Crippen LogP contribution in [0.5, 0.6) is 0 Å². The van der Waals surface area contributed by atoms with Gasteiger partial charge in [0, 0.05) is 0 Å². The maximum absolute atomic E-state index is 4.08. The van der Waals surface area contributed by atoms with Gasteiger partial charge in [-0.3, -0.25) is 0 Å². The molecule has 0 spiro atoms. The number of allylic oxidation sites excluding steroid dienone is 4. The number of rotatable bonds is 6. The molecular weight excluding hydrogens is 320 g/mol. The highest BCUT2D eigenvalue weighted by Gasteiger charge is 2.13. The number of unbranched alkanes of at least 4 members (excludes halogenated alkanes) is 1. The highest BCUT2D eigenvalue weighted by molar-refractivity contribution is 8.27. The van der Waals surface area contributed by atoms with E-state index in [1.807, 2.05) is 41.5 Å². The van der Waals surface area contributed by atoms with Gasteiger partial charge in [0.05, 0.1) is 0 Å². The van der Waals surface area contributed by atoms with Crippen molar-refractivity contribution in [3.8, 4) is 0 Å². The van der Waals surface area contributed by atoms with Crippen LogP contribution in [0.2, 0.25) is 0 Å². The van der Waals surface area contributed by atoms with Crippen LogP contribution in [0.25, 0.3) is 0 Å². The van der Waals surface area contributed by atoms with Gasteiger partial charge in [0.15, 0.2) is 0 Å². The number of hydrogen-bond acceptors (Lipinski definition) is 0. The molecule has 0 aromatic heterocycles. The maximum Gasteiger partial charge on any atom is -0.0126 e. The highest BCUT2D eigenvalue weighted by atomic mass is 32.2. The van der Waals surface area contributed by atoms with Crippen molar-refractivity contribution in [3.63, 3.8) is 0 Å². The molecule has 0 aromatic rings. The van der Waals surface area contributed by atoms with E-state index in [4.69, 9.17) is 0 Å². The average molecular weight is 371 g/mol. The van der Waals surface area contributed by atoms with Crippen molar-refractivity contribution in [2.75, 3.05) is 12.0 Å². The molecule has 0 aromatic carbocycles. The zero-order chi connectivity index (χ0) is 20.9. The van der Waals surface area contributed by atoms with E-state index in [-0.39, 0.29) is 0 Å². The first-order chi connectivity index (χ1) is 11.8. The Kier molecular flexibility index (Phi) is 29.9. The molecule has 1 aliphatic rings. The summed E-state index contributed by atoms with van der Waals surface area (Å²) in [6, 6.07) is 0. The summed E-state index contributed by atoms with van der Waals surface area (Å²) in [5.41, 5.74) is 2.60. The minimum Gasteiger partial charge on any atom is -0.217 e. The van der Waals surface area contributed by atoms with Gasteiger partial charge < -0.3 is 0 Å². The van der Waals surface area contributed by atoms with E-state index in [0.29, 0.717) is 5.92 Å². The van der Waals surface area contributed by atoms with Crippen molar-refractivity contribution in [3.05, 3.63) is 36.5 Å². The molecule has 1 heteroatoms. The van der Waals surface area contributed by atoms with E-state index in [1.54, 1.807) is 0 Å². The average Bonchev–Trinajstić information content (AvgIpc) is 3.01. The van der Waals surface area contributed by atoms with Gasteiger partial charge in [0.1, 0.15) is 0 Å². The van der Waals surface area contributed by atoms with Crippen LogP contribution < -0.4 is 0 Å². The van der Waals surface area contributed by atoms with Gasteiger partial charge in [-0.25, -0.2) is 9.21 Å². The normalized spacial score (nSPS) is 14.4. The molecule has 0 nitrogen and oxygen atoms in total. The van der Waals surface area contributed by atoms with Crippen LogP contribution in [-0.4, -0.2) is 23.7 Å². The second-order valence-electron chi connectivity index (χ2n) is 5.94. The standard InChI is InChI=1S/C11H18S.C7H14.3C2H6/c1-10-6-5-7-11(10)8-9-12(2,3)4;1-4-5-6-7(2)3;3*1-2/h5-6,11H,1-3,7-9H2,4H3;2,4-6H2,1,3H3;3*1-2H3. The van der Waals surface area contributed by atoms with Crippen molar-refractivity contribution in [1.82, 2.24) is 0 Å². The van der Waals surface area contributed by atoms with Crippen molar-refractivity contribution >= 4 is 20.9 Å². The van der Waals surface area contributed by atoms with E-state index in [1.165, 1.54) is 49.0 Å². The van der Waals surface area contributed by atoms with Gasteiger partial charge >= 0.3 is 0 Å². The molecule has 25 heavy (non-hydrogen) atoms. The minimum atomic E-state index is -0.804. The molecule has 0 bridgehead atoms.